The van der Waals surface area contributed by atoms with Crippen LogP contribution in [0.15, 0.2) is 36.5 Å². The SMILES string of the molecule is CC(=O)c1ccc(NC(=O)C(C)n2nccc2C(=O)O)cc1. The van der Waals surface area contributed by atoms with E-state index in [1.165, 1.54) is 19.2 Å². The van der Waals surface area contributed by atoms with E-state index in [0.717, 1.165) is 4.68 Å². The maximum atomic E-state index is 12.2. The lowest BCUT2D eigenvalue weighted by Gasteiger charge is -2.14. The molecule has 7 heteroatoms. The Bertz CT molecular complexity index is 719. The maximum Gasteiger partial charge on any atom is 0.354 e. The van der Waals surface area contributed by atoms with E-state index >= 15 is 0 Å². The summed E-state index contributed by atoms with van der Waals surface area (Å²) in [5, 5.41) is 15.6. The van der Waals surface area contributed by atoms with E-state index in [-0.39, 0.29) is 11.5 Å². The maximum absolute atomic E-state index is 12.2. The molecule has 0 aliphatic rings. The highest BCUT2D eigenvalue weighted by atomic mass is 16.4. The van der Waals surface area contributed by atoms with Gasteiger partial charge in [0, 0.05) is 17.4 Å². The highest BCUT2D eigenvalue weighted by Crippen LogP contribution is 2.15. The van der Waals surface area contributed by atoms with E-state index in [1.807, 2.05) is 0 Å². The van der Waals surface area contributed by atoms with Gasteiger partial charge in [-0.3, -0.25) is 9.59 Å². The number of hydrogen-bond acceptors (Lipinski definition) is 4. The summed E-state index contributed by atoms with van der Waals surface area (Å²) in [4.78, 5) is 34.4. The van der Waals surface area contributed by atoms with Gasteiger partial charge in [0.15, 0.2) is 5.78 Å². The van der Waals surface area contributed by atoms with Gasteiger partial charge < -0.3 is 10.4 Å². The van der Waals surface area contributed by atoms with Crippen molar-refractivity contribution in [2.75, 3.05) is 5.32 Å². The first-order valence-corrected chi connectivity index (χ1v) is 6.59. The number of ketones is 1. The summed E-state index contributed by atoms with van der Waals surface area (Å²) in [6, 6.07) is 6.99. The van der Waals surface area contributed by atoms with Gasteiger partial charge in [-0.15, -0.1) is 0 Å². The van der Waals surface area contributed by atoms with E-state index in [1.54, 1.807) is 31.2 Å². The number of aromatic nitrogens is 2. The van der Waals surface area contributed by atoms with Gasteiger partial charge in [0.1, 0.15) is 11.7 Å². The number of carbonyl (C=O) groups excluding carboxylic acids is 2. The van der Waals surface area contributed by atoms with Gasteiger partial charge in [-0.2, -0.15) is 5.10 Å². The zero-order valence-corrected chi connectivity index (χ0v) is 12.1. The van der Waals surface area contributed by atoms with Crippen LogP contribution in [-0.4, -0.2) is 32.5 Å². The number of rotatable bonds is 5. The largest absolute Gasteiger partial charge is 0.477 e. The monoisotopic (exact) mass is 301 g/mol. The number of aromatic carboxylic acids is 1. The van der Waals surface area contributed by atoms with Gasteiger partial charge in [0.25, 0.3) is 0 Å². The second kappa shape index (κ2) is 6.21. The van der Waals surface area contributed by atoms with Gasteiger partial charge in [0.05, 0.1) is 0 Å². The Labute approximate surface area is 126 Å². The summed E-state index contributed by atoms with van der Waals surface area (Å²) in [6.45, 7) is 3.01. The summed E-state index contributed by atoms with van der Waals surface area (Å²) in [6.07, 6.45) is 1.33. The van der Waals surface area contributed by atoms with E-state index in [9.17, 15) is 14.4 Å². The predicted octanol–water partition coefficient (Wildman–Crippen LogP) is 1.98. The normalized spacial score (nSPS) is 11.7. The zero-order chi connectivity index (χ0) is 16.3. The molecule has 1 amide bonds. The van der Waals surface area contributed by atoms with Gasteiger partial charge >= 0.3 is 5.97 Å². The summed E-state index contributed by atoms with van der Waals surface area (Å²) < 4.78 is 1.14. The second-order valence-corrected chi connectivity index (χ2v) is 4.76. The van der Waals surface area contributed by atoms with Crippen LogP contribution in [0, 0.1) is 0 Å². The van der Waals surface area contributed by atoms with Crippen LogP contribution in [0.4, 0.5) is 5.69 Å². The molecule has 0 saturated carbocycles. The lowest BCUT2D eigenvalue weighted by atomic mass is 10.1. The number of carbonyl (C=O) groups is 3. The molecule has 0 fully saturated rings. The topological polar surface area (TPSA) is 101 Å². The summed E-state index contributed by atoms with van der Waals surface area (Å²) in [7, 11) is 0. The number of carboxylic acid groups (broad SMARTS) is 1. The highest BCUT2D eigenvalue weighted by molar-refractivity contribution is 5.96. The molecule has 7 nitrogen and oxygen atoms in total. The molecule has 22 heavy (non-hydrogen) atoms. The lowest BCUT2D eigenvalue weighted by Crippen LogP contribution is -2.26. The van der Waals surface area contributed by atoms with Crippen molar-refractivity contribution in [3.63, 3.8) is 0 Å². The first-order chi connectivity index (χ1) is 10.4. The number of hydrogen-bond donors (Lipinski definition) is 2. The number of Topliss-reactive ketones (excluding diaryl/α,β-unsaturated/α-hetero) is 1. The first kappa shape index (κ1) is 15.4. The summed E-state index contributed by atoms with van der Waals surface area (Å²) >= 11 is 0. The fourth-order valence-electron chi connectivity index (χ4n) is 1.94. The van der Waals surface area contributed by atoms with Crippen molar-refractivity contribution in [3.8, 4) is 0 Å². The lowest BCUT2D eigenvalue weighted by molar-refractivity contribution is -0.119. The van der Waals surface area contributed by atoms with Crippen molar-refractivity contribution in [2.24, 2.45) is 0 Å². The van der Waals surface area contributed by atoms with Gasteiger partial charge in [0.2, 0.25) is 5.91 Å². The Balaban J connectivity index is 2.12. The fraction of sp³-hybridized carbons (Fsp3) is 0.200. The molecule has 0 aliphatic carbocycles. The van der Waals surface area contributed by atoms with Crippen LogP contribution in [0.5, 0.6) is 0 Å². The minimum Gasteiger partial charge on any atom is -0.477 e. The Hall–Kier alpha value is -2.96. The van der Waals surface area contributed by atoms with Crippen LogP contribution in [0.2, 0.25) is 0 Å². The van der Waals surface area contributed by atoms with Crippen molar-refractivity contribution in [3.05, 3.63) is 47.8 Å². The molecule has 0 spiro atoms. The number of nitrogens with one attached hydrogen (secondary N) is 1. The van der Waals surface area contributed by atoms with Crippen molar-refractivity contribution >= 4 is 23.3 Å². The second-order valence-electron chi connectivity index (χ2n) is 4.76. The quantitative estimate of drug-likeness (QED) is 0.822. The van der Waals surface area contributed by atoms with Crippen LogP contribution in [-0.2, 0) is 4.79 Å². The van der Waals surface area contributed by atoms with E-state index in [4.69, 9.17) is 5.11 Å². The van der Waals surface area contributed by atoms with Crippen LogP contribution in [0.25, 0.3) is 0 Å². The number of carboxylic acids is 1. The molecule has 0 radical (unpaired) electrons. The van der Waals surface area contributed by atoms with Crippen molar-refractivity contribution in [1.82, 2.24) is 9.78 Å². The van der Waals surface area contributed by atoms with Crippen molar-refractivity contribution in [1.29, 1.82) is 0 Å². The molecule has 114 valence electrons. The molecule has 0 saturated heterocycles. The van der Waals surface area contributed by atoms with E-state index < -0.39 is 17.9 Å². The molecule has 2 N–H and O–H groups in total. The fourth-order valence-corrected chi connectivity index (χ4v) is 1.94. The van der Waals surface area contributed by atoms with E-state index in [0.29, 0.717) is 11.3 Å². The van der Waals surface area contributed by atoms with Crippen LogP contribution in [0.1, 0.15) is 40.7 Å². The smallest absolute Gasteiger partial charge is 0.354 e. The number of nitrogens with zero attached hydrogens (tertiary/aromatic N) is 2. The molecular formula is C15H15N3O4. The number of benzene rings is 1. The van der Waals surface area contributed by atoms with Gasteiger partial charge in [-0.25, -0.2) is 9.48 Å². The van der Waals surface area contributed by atoms with Crippen LogP contribution < -0.4 is 5.32 Å². The number of amides is 1. The van der Waals surface area contributed by atoms with Crippen molar-refractivity contribution < 1.29 is 19.5 Å². The Morgan fingerprint density at radius 3 is 2.36 bits per heavy atom. The Kier molecular flexibility index (Phi) is 4.36. The van der Waals surface area contributed by atoms with Gasteiger partial charge in [-0.05, 0) is 44.2 Å². The third-order valence-corrected chi connectivity index (χ3v) is 3.19. The molecule has 0 aliphatic heterocycles. The van der Waals surface area contributed by atoms with Crippen molar-refractivity contribution in [2.45, 2.75) is 19.9 Å². The Morgan fingerprint density at radius 1 is 1.18 bits per heavy atom. The average molecular weight is 301 g/mol. The molecule has 2 aromatic rings. The third-order valence-electron chi connectivity index (χ3n) is 3.19. The third kappa shape index (κ3) is 3.20. The predicted molar refractivity (Wildman–Crippen MR) is 79.0 cm³/mol. The minimum absolute atomic E-state index is 0.0606. The molecule has 1 aromatic heterocycles. The molecule has 1 atom stereocenters. The molecular weight excluding hydrogens is 286 g/mol. The Morgan fingerprint density at radius 2 is 1.82 bits per heavy atom. The highest BCUT2D eigenvalue weighted by Gasteiger charge is 2.21. The molecule has 1 aromatic carbocycles. The van der Waals surface area contributed by atoms with E-state index in [2.05, 4.69) is 10.4 Å². The number of anilines is 1. The van der Waals surface area contributed by atoms with Gasteiger partial charge in [-0.1, -0.05) is 0 Å². The average Bonchev–Trinajstić information content (AvgIpc) is 2.96. The minimum atomic E-state index is -1.15. The molecule has 0 bridgehead atoms. The van der Waals surface area contributed by atoms with Crippen LogP contribution >= 0.6 is 0 Å². The first-order valence-electron chi connectivity index (χ1n) is 6.59. The molecule has 1 heterocycles. The molecule has 2 rings (SSSR count). The zero-order valence-electron chi connectivity index (χ0n) is 12.1. The van der Waals surface area contributed by atoms with Crippen LogP contribution in [0.3, 0.4) is 0 Å². The summed E-state index contributed by atoms with van der Waals surface area (Å²) in [5.41, 5.74) is 1.01. The summed E-state index contributed by atoms with van der Waals surface area (Å²) in [5.74, 6) is -1.61. The standard InChI is InChI=1S/C15H15N3O4/c1-9(18-13(15(21)22)7-8-16-18)14(20)17-12-5-3-11(4-6-12)10(2)19/h3-9H,1-2H3,(H,17,20)(H,21,22). The molecule has 1 unspecified atom stereocenters.